The van der Waals surface area contributed by atoms with Crippen molar-refractivity contribution in [2.45, 2.75) is 44.8 Å². The highest BCUT2D eigenvalue weighted by Crippen LogP contribution is 2.35. The van der Waals surface area contributed by atoms with Crippen LogP contribution in [0.5, 0.6) is 5.75 Å². The minimum atomic E-state index is -0.528. The molecule has 3 aromatic carbocycles. The number of fused-ring (bicyclic) bond motifs is 1. The summed E-state index contributed by atoms with van der Waals surface area (Å²) in [4.78, 5) is 2.45. The standard InChI is InChI=1S/C28H32ClNO2/c1-3-25(30-17-15-21(16-18-30)10-9-20-7-5-4-6-8-20)28(31)23-11-13-24-22(19-23)12-14-26(32-2)27(24)29/h4-8,10-14,19,25,28,31H,3,9,15-18H2,1-2H3/t25-,28+/m0/s1. The molecular formula is C28H32ClNO2. The molecule has 1 heterocycles. The summed E-state index contributed by atoms with van der Waals surface area (Å²) >= 11 is 6.46. The van der Waals surface area contributed by atoms with Gasteiger partial charge in [-0.3, -0.25) is 4.90 Å². The summed E-state index contributed by atoms with van der Waals surface area (Å²) < 4.78 is 5.32. The molecule has 0 aliphatic carbocycles. The van der Waals surface area contributed by atoms with Gasteiger partial charge in [0.1, 0.15) is 5.75 Å². The van der Waals surface area contributed by atoms with E-state index in [4.69, 9.17) is 16.3 Å². The maximum Gasteiger partial charge on any atom is 0.138 e. The third-order valence-corrected chi connectivity index (χ3v) is 7.06. The number of hydrogen-bond donors (Lipinski definition) is 1. The summed E-state index contributed by atoms with van der Waals surface area (Å²) in [5.74, 6) is 0.670. The van der Waals surface area contributed by atoms with Crippen molar-refractivity contribution in [1.29, 1.82) is 0 Å². The lowest BCUT2D eigenvalue weighted by molar-refractivity contribution is 0.0411. The summed E-state index contributed by atoms with van der Waals surface area (Å²) in [6, 6.07) is 20.7. The molecule has 1 aliphatic heterocycles. The summed E-state index contributed by atoms with van der Waals surface area (Å²) in [7, 11) is 1.62. The van der Waals surface area contributed by atoms with E-state index in [1.165, 1.54) is 11.1 Å². The van der Waals surface area contributed by atoms with Gasteiger partial charge < -0.3 is 9.84 Å². The number of halogens is 1. The molecule has 2 atom stereocenters. The molecule has 168 valence electrons. The summed E-state index contributed by atoms with van der Waals surface area (Å²) in [6.45, 7) is 4.15. The fourth-order valence-corrected chi connectivity index (χ4v) is 5.07. The van der Waals surface area contributed by atoms with Gasteiger partial charge in [-0.1, -0.05) is 78.7 Å². The van der Waals surface area contributed by atoms with Gasteiger partial charge in [0.25, 0.3) is 0 Å². The predicted octanol–water partition coefficient (Wildman–Crippen LogP) is 6.58. The number of nitrogens with zero attached hydrogens (tertiary/aromatic N) is 1. The van der Waals surface area contributed by atoms with Gasteiger partial charge >= 0.3 is 0 Å². The monoisotopic (exact) mass is 449 g/mol. The molecule has 0 spiro atoms. The van der Waals surface area contributed by atoms with Crippen molar-refractivity contribution < 1.29 is 9.84 Å². The molecule has 1 N–H and O–H groups in total. The first-order valence-electron chi connectivity index (χ1n) is 11.5. The minimum Gasteiger partial charge on any atom is -0.495 e. The molecular weight excluding hydrogens is 418 g/mol. The van der Waals surface area contributed by atoms with Gasteiger partial charge in [0.05, 0.1) is 18.2 Å². The van der Waals surface area contributed by atoms with Crippen LogP contribution in [0.4, 0.5) is 0 Å². The van der Waals surface area contributed by atoms with Crippen LogP contribution >= 0.6 is 11.6 Å². The first-order valence-corrected chi connectivity index (χ1v) is 11.9. The van der Waals surface area contributed by atoms with Crippen LogP contribution in [0.25, 0.3) is 10.8 Å². The quantitative estimate of drug-likeness (QED) is 0.413. The van der Waals surface area contributed by atoms with Gasteiger partial charge in [-0.25, -0.2) is 0 Å². The largest absolute Gasteiger partial charge is 0.495 e. The Morgan fingerprint density at radius 1 is 1.06 bits per heavy atom. The number of likely N-dealkylation sites (tertiary alicyclic amines) is 1. The van der Waals surface area contributed by atoms with E-state index in [9.17, 15) is 5.11 Å². The minimum absolute atomic E-state index is 0.108. The van der Waals surface area contributed by atoms with Crippen LogP contribution in [0.3, 0.4) is 0 Å². The van der Waals surface area contributed by atoms with Crippen molar-refractivity contribution >= 4 is 22.4 Å². The maximum absolute atomic E-state index is 11.3. The van der Waals surface area contributed by atoms with E-state index < -0.39 is 6.10 Å². The van der Waals surface area contributed by atoms with Crippen LogP contribution in [-0.4, -0.2) is 36.2 Å². The van der Waals surface area contributed by atoms with E-state index in [1.54, 1.807) is 7.11 Å². The molecule has 32 heavy (non-hydrogen) atoms. The summed E-state index contributed by atoms with van der Waals surface area (Å²) in [6.07, 6.45) is 5.92. The van der Waals surface area contributed by atoms with Gasteiger partial charge in [0.2, 0.25) is 0 Å². The van der Waals surface area contributed by atoms with Crippen molar-refractivity contribution in [3.63, 3.8) is 0 Å². The lowest BCUT2D eigenvalue weighted by atomic mass is 9.93. The number of hydrogen-bond acceptors (Lipinski definition) is 3. The van der Waals surface area contributed by atoms with Gasteiger partial charge in [-0.15, -0.1) is 0 Å². The number of piperidine rings is 1. The summed E-state index contributed by atoms with van der Waals surface area (Å²) in [5, 5.41) is 13.8. The Labute approximate surface area is 196 Å². The Morgan fingerprint density at radius 2 is 1.81 bits per heavy atom. The van der Waals surface area contributed by atoms with E-state index in [1.807, 2.05) is 24.3 Å². The van der Waals surface area contributed by atoms with Crippen molar-refractivity contribution in [3.05, 3.63) is 88.5 Å². The molecule has 0 bridgehead atoms. The second kappa shape index (κ2) is 10.5. The van der Waals surface area contributed by atoms with Crippen molar-refractivity contribution in [2.24, 2.45) is 0 Å². The molecule has 0 radical (unpaired) electrons. The number of methoxy groups -OCH3 is 1. The lowest BCUT2D eigenvalue weighted by Crippen LogP contribution is -2.43. The molecule has 0 amide bonds. The van der Waals surface area contributed by atoms with Crippen LogP contribution in [0.15, 0.2) is 72.3 Å². The molecule has 3 aromatic rings. The van der Waals surface area contributed by atoms with Crippen molar-refractivity contribution in [1.82, 2.24) is 4.90 Å². The van der Waals surface area contributed by atoms with E-state index in [-0.39, 0.29) is 6.04 Å². The van der Waals surface area contributed by atoms with Crippen molar-refractivity contribution in [2.75, 3.05) is 20.2 Å². The van der Waals surface area contributed by atoms with Crippen molar-refractivity contribution in [3.8, 4) is 5.75 Å². The first-order chi connectivity index (χ1) is 15.6. The van der Waals surface area contributed by atoms with E-state index in [0.29, 0.717) is 10.8 Å². The van der Waals surface area contributed by atoms with Gasteiger partial charge in [0, 0.05) is 24.5 Å². The molecule has 4 rings (SSSR count). The average Bonchev–Trinajstić information content (AvgIpc) is 2.84. The van der Waals surface area contributed by atoms with Gasteiger partial charge in [-0.05, 0) is 54.3 Å². The molecule has 0 saturated carbocycles. The highest BCUT2D eigenvalue weighted by Gasteiger charge is 2.28. The Bertz CT molecular complexity index is 1070. The zero-order valence-electron chi connectivity index (χ0n) is 18.9. The zero-order chi connectivity index (χ0) is 22.5. The Balaban J connectivity index is 1.43. The highest BCUT2D eigenvalue weighted by atomic mass is 35.5. The van der Waals surface area contributed by atoms with E-state index >= 15 is 0 Å². The summed E-state index contributed by atoms with van der Waals surface area (Å²) in [5.41, 5.74) is 3.83. The number of aliphatic hydroxyl groups excluding tert-OH is 1. The Kier molecular flexibility index (Phi) is 7.51. The Morgan fingerprint density at radius 3 is 2.50 bits per heavy atom. The highest BCUT2D eigenvalue weighted by molar-refractivity contribution is 6.37. The number of ether oxygens (including phenoxy) is 1. The number of aliphatic hydroxyl groups is 1. The third-order valence-electron chi connectivity index (χ3n) is 6.67. The van der Waals surface area contributed by atoms with Crippen LogP contribution < -0.4 is 4.74 Å². The molecule has 4 heteroatoms. The topological polar surface area (TPSA) is 32.7 Å². The first kappa shape index (κ1) is 22.8. The zero-order valence-corrected chi connectivity index (χ0v) is 19.7. The average molecular weight is 450 g/mol. The second-order valence-electron chi connectivity index (χ2n) is 8.57. The lowest BCUT2D eigenvalue weighted by Gasteiger charge is -2.38. The fraction of sp³-hybridized carbons (Fsp3) is 0.357. The molecule has 0 unspecified atom stereocenters. The van der Waals surface area contributed by atoms with Crippen LogP contribution in [0, 0.1) is 0 Å². The van der Waals surface area contributed by atoms with Crippen LogP contribution in [-0.2, 0) is 6.42 Å². The van der Waals surface area contributed by atoms with E-state index in [0.717, 1.165) is 55.1 Å². The van der Waals surface area contributed by atoms with Crippen LogP contribution in [0.2, 0.25) is 5.02 Å². The van der Waals surface area contributed by atoms with Crippen LogP contribution in [0.1, 0.15) is 43.4 Å². The third kappa shape index (κ3) is 5.01. The SMILES string of the molecule is CC[C@@H]([C@H](O)c1ccc2c(Cl)c(OC)ccc2c1)N1CCC(=CCc2ccccc2)CC1. The predicted molar refractivity (Wildman–Crippen MR) is 134 cm³/mol. The second-order valence-corrected chi connectivity index (χ2v) is 8.95. The smallest absolute Gasteiger partial charge is 0.138 e. The number of rotatable bonds is 7. The molecule has 1 aliphatic rings. The van der Waals surface area contributed by atoms with Gasteiger partial charge in [0.15, 0.2) is 0 Å². The van der Waals surface area contributed by atoms with E-state index in [2.05, 4.69) is 54.3 Å². The van der Waals surface area contributed by atoms with Gasteiger partial charge in [-0.2, -0.15) is 0 Å². The molecule has 1 saturated heterocycles. The number of benzene rings is 3. The fourth-order valence-electron chi connectivity index (χ4n) is 4.76. The normalized spacial score (nSPS) is 16.7. The molecule has 0 aromatic heterocycles. The maximum atomic E-state index is 11.3. The molecule has 1 fully saturated rings. The number of allylic oxidation sites excluding steroid dienone is 1. The molecule has 3 nitrogen and oxygen atoms in total. The Hall–Kier alpha value is -2.33.